The molecule has 1 aliphatic rings. The van der Waals surface area contributed by atoms with Crippen LogP contribution >= 0.6 is 11.8 Å². The molecule has 0 amide bonds. The standard InChI is InChI=1S/C28H37N5O3S/c1-7-37-20-10-19(11-20)36-27-23-14-30-25(12-21(23)22(13-31-27)17(3)29)32-24-9-8-18(15-34)26(33-24)16(2)28(4,5)35-6/h8-9,12-17,19-20H,7,10-11,29H2,1-6H3,(H,30,32,33). The van der Waals surface area contributed by atoms with Crippen LogP contribution in [0.25, 0.3) is 10.8 Å². The number of carbonyl (C=O) groups excluding carboxylic acids is 1. The lowest BCUT2D eigenvalue weighted by molar-refractivity contribution is 0.00214. The first-order valence-corrected chi connectivity index (χ1v) is 13.8. The second kappa shape index (κ2) is 11.3. The van der Waals surface area contributed by atoms with Gasteiger partial charge in [0.25, 0.3) is 0 Å². The van der Waals surface area contributed by atoms with Crippen LogP contribution in [0, 0.1) is 0 Å². The Hall–Kier alpha value is -2.75. The van der Waals surface area contributed by atoms with Gasteiger partial charge in [0.2, 0.25) is 5.88 Å². The Bertz CT molecular complexity index is 1260. The zero-order chi connectivity index (χ0) is 26.7. The van der Waals surface area contributed by atoms with Gasteiger partial charge >= 0.3 is 0 Å². The molecule has 3 N–H and O–H groups in total. The van der Waals surface area contributed by atoms with Crippen molar-refractivity contribution < 1.29 is 14.3 Å². The number of methoxy groups -OCH3 is 1. The molecule has 1 saturated carbocycles. The summed E-state index contributed by atoms with van der Waals surface area (Å²) in [6.07, 6.45) is 6.65. The minimum absolute atomic E-state index is 0.110. The normalized spacial score (nSPS) is 19.2. The third-order valence-corrected chi connectivity index (χ3v) is 8.50. The van der Waals surface area contributed by atoms with E-state index in [9.17, 15) is 4.79 Å². The molecule has 8 nitrogen and oxygen atoms in total. The molecule has 4 rings (SSSR count). The lowest BCUT2D eigenvalue weighted by atomic mass is 9.87. The molecule has 2 atom stereocenters. The molecule has 0 aliphatic heterocycles. The molecule has 0 saturated heterocycles. The smallest absolute Gasteiger partial charge is 0.223 e. The maximum Gasteiger partial charge on any atom is 0.223 e. The van der Waals surface area contributed by atoms with Crippen molar-refractivity contribution in [1.29, 1.82) is 0 Å². The minimum atomic E-state index is -0.490. The maximum atomic E-state index is 11.7. The zero-order valence-electron chi connectivity index (χ0n) is 22.4. The fourth-order valence-electron chi connectivity index (χ4n) is 4.44. The van der Waals surface area contributed by atoms with Crippen molar-refractivity contribution in [2.24, 2.45) is 5.73 Å². The molecular formula is C28H37N5O3S. The number of fused-ring (bicyclic) bond motifs is 1. The molecule has 3 aromatic heterocycles. The molecule has 0 radical (unpaired) electrons. The number of hydrogen-bond acceptors (Lipinski definition) is 9. The van der Waals surface area contributed by atoms with Crippen molar-refractivity contribution in [3.05, 3.63) is 47.4 Å². The Balaban J connectivity index is 1.64. The Morgan fingerprint density at radius 1 is 1.19 bits per heavy atom. The molecule has 1 aliphatic carbocycles. The van der Waals surface area contributed by atoms with Gasteiger partial charge in [0.1, 0.15) is 17.7 Å². The predicted molar refractivity (Wildman–Crippen MR) is 150 cm³/mol. The number of aromatic nitrogens is 3. The SMILES string of the molecule is CCSC1CC(Oc2ncc(C(C)N)c3cc(Nc4ccc(C=O)c(C(C)C(C)(C)OC)n4)ncc23)C1. The highest BCUT2D eigenvalue weighted by molar-refractivity contribution is 7.99. The first-order valence-electron chi connectivity index (χ1n) is 12.8. The van der Waals surface area contributed by atoms with E-state index in [1.165, 1.54) is 0 Å². The fraction of sp³-hybridized carbons (Fsp3) is 0.500. The highest BCUT2D eigenvalue weighted by Crippen LogP contribution is 2.37. The number of nitrogens with one attached hydrogen (secondary N) is 1. The lowest BCUT2D eigenvalue weighted by Crippen LogP contribution is -2.36. The number of rotatable bonds is 11. The van der Waals surface area contributed by atoms with Gasteiger partial charge in [-0.1, -0.05) is 13.8 Å². The van der Waals surface area contributed by atoms with Crippen LogP contribution in [0.1, 0.15) is 81.0 Å². The average molecular weight is 524 g/mol. The first kappa shape index (κ1) is 27.3. The number of ether oxygens (including phenoxy) is 2. The van der Waals surface area contributed by atoms with Crippen molar-refractivity contribution >= 4 is 40.5 Å². The van der Waals surface area contributed by atoms with Gasteiger partial charge in [-0.15, -0.1) is 0 Å². The topological polar surface area (TPSA) is 112 Å². The number of nitrogens with two attached hydrogens (primary N) is 1. The Labute approximate surface area is 223 Å². The molecule has 198 valence electrons. The van der Waals surface area contributed by atoms with E-state index in [1.807, 2.05) is 45.5 Å². The minimum Gasteiger partial charge on any atom is -0.474 e. The number of thioether (sulfide) groups is 1. The third kappa shape index (κ3) is 5.89. The summed E-state index contributed by atoms with van der Waals surface area (Å²) in [7, 11) is 1.66. The number of pyridine rings is 3. The Morgan fingerprint density at radius 3 is 2.59 bits per heavy atom. The van der Waals surface area contributed by atoms with Gasteiger partial charge < -0.3 is 20.5 Å². The highest BCUT2D eigenvalue weighted by atomic mass is 32.2. The molecule has 2 unspecified atom stereocenters. The van der Waals surface area contributed by atoms with E-state index in [-0.39, 0.29) is 18.1 Å². The first-order chi connectivity index (χ1) is 17.7. The number of carbonyl (C=O) groups is 1. The molecule has 0 spiro atoms. The average Bonchev–Trinajstić information content (AvgIpc) is 2.86. The summed E-state index contributed by atoms with van der Waals surface area (Å²) in [4.78, 5) is 25.7. The van der Waals surface area contributed by atoms with Crippen LogP contribution in [0.5, 0.6) is 5.88 Å². The lowest BCUT2D eigenvalue weighted by Gasteiger charge is -2.34. The number of anilines is 2. The van der Waals surface area contributed by atoms with Gasteiger partial charge in [-0.3, -0.25) is 4.79 Å². The Kier molecular flexibility index (Phi) is 8.36. The molecule has 37 heavy (non-hydrogen) atoms. The van der Waals surface area contributed by atoms with Gasteiger partial charge in [0.15, 0.2) is 6.29 Å². The van der Waals surface area contributed by atoms with Gasteiger partial charge in [0, 0.05) is 42.3 Å². The second-order valence-corrected chi connectivity index (χ2v) is 11.7. The largest absolute Gasteiger partial charge is 0.474 e. The van der Waals surface area contributed by atoms with Crippen LogP contribution < -0.4 is 15.8 Å². The summed E-state index contributed by atoms with van der Waals surface area (Å²) in [6, 6.07) is 5.30. The van der Waals surface area contributed by atoms with E-state index in [1.54, 1.807) is 31.6 Å². The summed E-state index contributed by atoms with van der Waals surface area (Å²) in [5.74, 6) is 2.81. The van der Waals surface area contributed by atoms with Crippen molar-refractivity contribution in [3.63, 3.8) is 0 Å². The van der Waals surface area contributed by atoms with Crippen molar-refractivity contribution in [2.75, 3.05) is 18.2 Å². The molecular weight excluding hydrogens is 486 g/mol. The van der Waals surface area contributed by atoms with Crippen LogP contribution in [0.3, 0.4) is 0 Å². The molecule has 3 aromatic rings. The maximum absolute atomic E-state index is 11.7. The number of aldehydes is 1. The van der Waals surface area contributed by atoms with Crippen LogP contribution in [-0.4, -0.2) is 51.1 Å². The summed E-state index contributed by atoms with van der Waals surface area (Å²) in [5, 5.41) is 5.74. The van der Waals surface area contributed by atoms with Gasteiger partial charge in [-0.25, -0.2) is 15.0 Å². The van der Waals surface area contributed by atoms with E-state index >= 15 is 0 Å². The molecule has 1 fully saturated rings. The van der Waals surface area contributed by atoms with Crippen LogP contribution in [0.4, 0.5) is 11.6 Å². The van der Waals surface area contributed by atoms with E-state index in [4.69, 9.17) is 20.2 Å². The van der Waals surface area contributed by atoms with Crippen LogP contribution in [-0.2, 0) is 4.74 Å². The molecule has 0 aromatic carbocycles. The summed E-state index contributed by atoms with van der Waals surface area (Å²) in [5.41, 5.74) is 7.92. The van der Waals surface area contributed by atoms with Gasteiger partial charge in [-0.2, -0.15) is 11.8 Å². The monoisotopic (exact) mass is 523 g/mol. The van der Waals surface area contributed by atoms with Gasteiger partial charge in [-0.05, 0) is 68.5 Å². The zero-order valence-corrected chi connectivity index (χ0v) is 23.3. The highest BCUT2D eigenvalue weighted by Gasteiger charge is 2.32. The van der Waals surface area contributed by atoms with Crippen molar-refractivity contribution in [2.45, 2.75) is 76.4 Å². The third-order valence-electron chi connectivity index (χ3n) is 7.31. The van der Waals surface area contributed by atoms with Crippen molar-refractivity contribution in [3.8, 4) is 5.88 Å². The number of nitrogens with zero attached hydrogens (tertiary/aromatic N) is 3. The Morgan fingerprint density at radius 2 is 1.95 bits per heavy atom. The quantitative estimate of drug-likeness (QED) is 0.301. The predicted octanol–water partition coefficient (Wildman–Crippen LogP) is 5.79. The molecule has 0 bridgehead atoms. The van der Waals surface area contributed by atoms with E-state index in [2.05, 4.69) is 22.2 Å². The fourth-order valence-corrected chi connectivity index (χ4v) is 5.61. The van der Waals surface area contributed by atoms with E-state index < -0.39 is 5.60 Å². The summed E-state index contributed by atoms with van der Waals surface area (Å²) < 4.78 is 11.9. The number of hydrogen-bond donors (Lipinski definition) is 2. The summed E-state index contributed by atoms with van der Waals surface area (Å²) >= 11 is 1.98. The molecule has 9 heteroatoms. The summed E-state index contributed by atoms with van der Waals surface area (Å²) in [6.45, 7) is 10.1. The second-order valence-electron chi connectivity index (χ2n) is 10.2. The van der Waals surface area contributed by atoms with E-state index in [0.29, 0.717) is 34.0 Å². The van der Waals surface area contributed by atoms with E-state index in [0.717, 1.165) is 41.2 Å². The van der Waals surface area contributed by atoms with Crippen molar-refractivity contribution in [1.82, 2.24) is 15.0 Å². The van der Waals surface area contributed by atoms with Gasteiger partial charge in [0.05, 0.1) is 16.7 Å². The van der Waals surface area contributed by atoms with Crippen LogP contribution in [0.2, 0.25) is 0 Å². The van der Waals surface area contributed by atoms with Crippen LogP contribution in [0.15, 0.2) is 30.6 Å². The molecule has 3 heterocycles.